The monoisotopic (exact) mass is 200 g/mol. The zero-order chi connectivity index (χ0) is 10.6. The van der Waals surface area contributed by atoms with E-state index in [1.807, 2.05) is 13.8 Å². The normalized spacial score (nSPS) is 44.0. The maximum atomic E-state index is 11.5. The first-order valence-corrected chi connectivity index (χ1v) is 4.81. The van der Waals surface area contributed by atoms with E-state index < -0.39 is 16.9 Å². The van der Waals surface area contributed by atoms with Gasteiger partial charge in [0, 0.05) is 17.9 Å². The zero-order valence-electron chi connectivity index (χ0n) is 8.41. The van der Waals surface area contributed by atoms with E-state index in [0.717, 1.165) is 6.42 Å². The molecular formula is C9H16N2O3. The molecule has 0 aromatic carbocycles. The van der Waals surface area contributed by atoms with Crippen LogP contribution in [-0.4, -0.2) is 29.4 Å². The number of ether oxygens (including phenoxy) is 1. The Balaban J connectivity index is 2.31. The van der Waals surface area contributed by atoms with Gasteiger partial charge in [0.25, 0.3) is 5.91 Å². The minimum atomic E-state index is -0.997. The van der Waals surface area contributed by atoms with Crippen LogP contribution in [0.25, 0.3) is 0 Å². The molecule has 4 N–H and O–H groups in total. The molecule has 1 amide bonds. The molecule has 1 aliphatic carbocycles. The van der Waals surface area contributed by atoms with Gasteiger partial charge in [0.2, 0.25) is 0 Å². The predicted octanol–water partition coefficient (Wildman–Crippen LogP) is -0.366. The van der Waals surface area contributed by atoms with Crippen LogP contribution in [0.2, 0.25) is 0 Å². The first-order valence-electron chi connectivity index (χ1n) is 4.81. The van der Waals surface area contributed by atoms with Gasteiger partial charge in [-0.3, -0.25) is 10.0 Å². The summed E-state index contributed by atoms with van der Waals surface area (Å²) in [6, 6.07) is 0. The Labute approximate surface area is 82.6 Å². The quantitative estimate of drug-likeness (QED) is 0.398. The number of hydroxylamine groups is 1. The van der Waals surface area contributed by atoms with Crippen LogP contribution in [0.15, 0.2) is 0 Å². The number of hydrogen-bond acceptors (Lipinski definition) is 4. The van der Waals surface area contributed by atoms with Crippen LogP contribution in [0.5, 0.6) is 0 Å². The van der Waals surface area contributed by atoms with Gasteiger partial charge < -0.3 is 10.5 Å². The van der Waals surface area contributed by atoms with E-state index in [2.05, 4.69) is 0 Å². The molecule has 80 valence electrons. The van der Waals surface area contributed by atoms with E-state index in [1.54, 1.807) is 5.48 Å². The molecule has 0 aromatic rings. The average Bonchev–Trinajstić information content (AvgIpc) is 2.62. The Morgan fingerprint density at radius 1 is 1.64 bits per heavy atom. The Morgan fingerprint density at radius 3 is 2.86 bits per heavy atom. The number of carbonyl (C=O) groups excluding carboxylic acids is 1. The van der Waals surface area contributed by atoms with Crippen molar-refractivity contribution in [2.45, 2.75) is 31.9 Å². The number of hydrogen-bond donors (Lipinski definition) is 3. The summed E-state index contributed by atoms with van der Waals surface area (Å²) in [6.45, 7) is 4.44. The third kappa shape index (κ3) is 0.827. The van der Waals surface area contributed by atoms with Crippen LogP contribution >= 0.6 is 0 Å². The van der Waals surface area contributed by atoms with Gasteiger partial charge in [-0.15, -0.1) is 0 Å². The van der Waals surface area contributed by atoms with Gasteiger partial charge in [-0.1, -0.05) is 13.8 Å². The van der Waals surface area contributed by atoms with Gasteiger partial charge >= 0.3 is 0 Å². The highest BCUT2D eigenvalue weighted by atomic mass is 16.5. The zero-order valence-corrected chi connectivity index (χ0v) is 8.41. The second-order valence-corrected chi connectivity index (χ2v) is 4.72. The molecule has 0 bridgehead atoms. The fourth-order valence-corrected chi connectivity index (χ4v) is 2.94. The summed E-state index contributed by atoms with van der Waals surface area (Å²) in [5, 5.41) is 8.67. The van der Waals surface area contributed by atoms with Gasteiger partial charge in [-0.2, -0.15) is 0 Å². The van der Waals surface area contributed by atoms with Crippen molar-refractivity contribution in [2.75, 3.05) is 6.61 Å². The molecule has 5 heteroatoms. The maximum Gasteiger partial charge on any atom is 0.264 e. The molecule has 1 saturated carbocycles. The highest BCUT2D eigenvalue weighted by molar-refractivity contribution is 5.88. The summed E-state index contributed by atoms with van der Waals surface area (Å²) >= 11 is 0. The van der Waals surface area contributed by atoms with Gasteiger partial charge in [0.1, 0.15) is 5.54 Å². The fraction of sp³-hybridized carbons (Fsp3) is 0.889. The number of nitrogens with one attached hydrogen (secondary N) is 1. The Morgan fingerprint density at radius 2 is 2.29 bits per heavy atom. The molecule has 5 nitrogen and oxygen atoms in total. The Kier molecular flexibility index (Phi) is 1.90. The van der Waals surface area contributed by atoms with Crippen molar-refractivity contribution in [1.82, 2.24) is 5.48 Å². The summed E-state index contributed by atoms with van der Waals surface area (Å²) in [4.78, 5) is 11.5. The van der Waals surface area contributed by atoms with Gasteiger partial charge in [0.15, 0.2) is 0 Å². The van der Waals surface area contributed by atoms with E-state index in [-0.39, 0.29) is 12.0 Å². The predicted molar refractivity (Wildman–Crippen MR) is 48.5 cm³/mol. The molecule has 0 aromatic heterocycles. The molecule has 3 unspecified atom stereocenters. The molecule has 2 rings (SSSR count). The van der Waals surface area contributed by atoms with Gasteiger partial charge in [-0.25, -0.2) is 5.48 Å². The average molecular weight is 200 g/mol. The smallest absolute Gasteiger partial charge is 0.264 e. The number of amides is 1. The molecular weight excluding hydrogens is 184 g/mol. The molecule has 0 radical (unpaired) electrons. The van der Waals surface area contributed by atoms with E-state index in [9.17, 15) is 4.79 Å². The molecule has 2 aliphatic rings. The summed E-state index contributed by atoms with van der Waals surface area (Å²) in [7, 11) is 0. The fourth-order valence-electron chi connectivity index (χ4n) is 2.94. The largest absolute Gasteiger partial charge is 0.377 e. The summed E-state index contributed by atoms with van der Waals surface area (Å²) in [6.07, 6.45) is 0.836. The topological polar surface area (TPSA) is 84.6 Å². The van der Waals surface area contributed by atoms with E-state index in [0.29, 0.717) is 6.61 Å². The Hall–Kier alpha value is -0.650. The first kappa shape index (κ1) is 9.89. The third-order valence-electron chi connectivity index (χ3n) is 3.93. The van der Waals surface area contributed by atoms with Crippen molar-refractivity contribution in [3.63, 3.8) is 0 Å². The SMILES string of the molecule is CC1(C)C2OCCC2C1(N)C(=O)NO. The number of rotatable bonds is 1. The van der Waals surface area contributed by atoms with Crippen molar-refractivity contribution < 1.29 is 14.7 Å². The second kappa shape index (κ2) is 2.68. The first-order chi connectivity index (χ1) is 6.46. The van der Waals surface area contributed by atoms with Crippen molar-refractivity contribution in [3.8, 4) is 0 Å². The molecule has 1 aliphatic heterocycles. The lowest BCUT2D eigenvalue weighted by Gasteiger charge is -2.60. The number of fused-ring (bicyclic) bond motifs is 1. The van der Waals surface area contributed by atoms with Gasteiger partial charge in [0.05, 0.1) is 6.10 Å². The highest BCUT2D eigenvalue weighted by Crippen LogP contribution is 2.58. The summed E-state index contributed by atoms with van der Waals surface area (Å²) in [5.74, 6) is -0.473. The number of carbonyl (C=O) groups is 1. The minimum absolute atomic E-state index is 0.0321. The maximum absolute atomic E-state index is 11.5. The molecule has 1 heterocycles. The summed E-state index contributed by atoms with van der Waals surface area (Å²) < 4.78 is 5.52. The molecule has 3 atom stereocenters. The molecule has 0 spiro atoms. The minimum Gasteiger partial charge on any atom is -0.377 e. The van der Waals surface area contributed by atoms with Crippen LogP contribution in [0.3, 0.4) is 0 Å². The van der Waals surface area contributed by atoms with Crippen LogP contribution in [0.1, 0.15) is 20.3 Å². The standard InChI is InChI=1S/C9H16N2O3/c1-8(2)6-5(3-4-14-6)9(8,10)7(12)11-13/h5-6,13H,3-4,10H2,1-2H3,(H,11,12). The van der Waals surface area contributed by atoms with Crippen LogP contribution < -0.4 is 11.2 Å². The van der Waals surface area contributed by atoms with Crippen molar-refractivity contribution in [1.29, 1.82) is 0 Å². The van der Waals surface area contributed by atoms with Crippen molar-refractivity contribution in [3.05, 3.63) is 0 Å². The lowest BCUT2D eigenvalue weighted by atomic mass is 9.48. The molecule has 1 saturated heterocycles. The molecule has 14 heavy (non-hydrogen) atoms. The lowest BCUT2D eigenvalue weighted by molar-refractivity contribution is -0.181. The van der Waals surface area contributed by atoms with Crippen LogP contribution in [0.4, 0.5) is 0 Å². The Bertz CT molecular complexity index is 279. The lowest BCUT2D eigenvalue weighted by Crippen LogP contribution is -2.80. The second-order valence-electron chi connectivity index (χ2n) is 4.72. The van der Waals surface area contributed by atoms with Gasteiger partial charge in [-0.05, 0) is 6.42 Å². The van der Waals surface area contributed by atoms with Crippen molar-refractivity contribution >= 4 is 5.91 Å². The van der Waals surface area contributed by atoms with Crippen LogP contribution in [0, 0.1) is 11.3 Å². The summed E-state index contributed by atoms with van der Waals surface area (Å²) in [5.41, 5.74) is 6.31. The highest BCUT2D eigenvalue weighted by Gasteiger charge is 2.71. The van der Waals surface area contributed by atoms with E-state index in [4.69, 9.17) is 15.7 Å². The third-order valence-corrected chi connectivity index (χ3v) is 3.93. The van der Waals surface area contributed by atoms with E-state index in [1.165, 1.54) is 0 Å². The van der Waals surface area contributed by atoms with Crippen LogP contribution in [-0.2, 0) is 9.53 Å². The van der Waals surface area contributed by atoms with Crippen molar-refractivity contribution in [2.24, 2.45) is 17.1 Å². The van der Waals surface area contributed by atoms with E-state index >= 15 is 0 Å². The molecule has 2 fully saturated rings. The number of nitrogens with two attached hydrogens (primary N) is 1.